The summed E-state index contributed by atoms with van der Waals surface area (Å²) in [4.78, 5) is 21.9. The van der Waals surface area contributed by atoms with Gasteiger partial charge in [-0.05, 0) is 24.3 Å². The molecule has 94 valence electrons. The number of carbonyl (C=O) groups excluding carboxylic acids is 1. The Morgan fingerprint density at radius 3 is 2.44 bits per heavy atom. The molecule has 1 unspecified atom stereocenters. The van der Waals surface area contributed by atoms with Gasteiger partial charge in [0.1, 0.15) is 0 Å². The predicted octanol–water partition coefficient (Wildman–Crippen LogP) is 0.124. The number of nitrogens with one attached hydrogen (secondary N) is 1. The molecule has 6 heteroatoms. The minimum Gasteiger partial charge on any atom is -0.479 e. The van der Waals surface area contributed by atoms with Crippen molar-refractivity contribution in [3.8, 4) is 6.07 Å². The summed E-state index contributed by atoms with van der Waals surface area (Å²) in [7, 11) is 0. The first-order valence-corrected chi connectivity index (χ1v) is 5.24. The molecular formula is C12H12N2O4. The predicted molar refractivity (Wildman–Crippen MR) is 61.7 cm³/mol. The van der Waals surface area contributed by atoms with Crippen LogP contribution >= 0.6 is 0 Å². The number of carboxylic acids is 1. The van der Waals surface area contributed by atoms with Gasteiger partial charge < -0.3 is 15.5 Å². The number of aliphatic hydroxyl groups is 1. The number of rotatable bonds is 5. The Morgan fingerprint density at radius 2 is 1.94 bits per heavy atom. The Bertz CT molecular complexity index is 476. The highest BCUT2D eigenvalue weighted by molar-refractivity contribution is 5.94. The van der Waals surface area contributed by atoms with Crippen molar-refractivity contribution in [3.05, 3.63) is 35.4 Å². The molecule has 0 heterocycles. The molecule has 1 aromatic carbocycles. The Labute approximate surface area is 103 Å². The SMILES string of the molecule is N#Cc1ccc(C(=O)NCCC(O)C(=O)O)cc1. The summed E-state index contributed by atoms with van der Waals surface area (Å²) in [6, 6.07) is 7.97. The highest BCUT2D eigenvalue weighted by Crippen LogP contribution is 2.03. The fourth-order valence-corrected chi connectivity index (χ4v) is 1.24. The summed E-state index contributed by atoms with van der Waals surface area (Å²) in [5.41, 5.74) is 0.826. The van der Waals surface area contributed by atoms with E-state index in [2.05, 4.69) is 5.32 Å². The Morgan fingerprint density at radius 1 is 1.33 bits per heavy atom. The second-order valence-electron chi connectivity index (χ2n) is 3.59. The lowest BCUT2D eigenvalue weighted by molar-refractivity contribution is -0.146. The van der Waals surface area contributed by atoms with Crippen LogP contribution in [-0.2, 0) is 4.79 Å². The first-order chi connectivity index (χ1) is 8.54. The largest absolute Gasteiger partial charge is 0.479 e. The molecule has 0 aliphatic heterocycles. The van der Waals surface area contributed by atoms with Crippen LogP contribution in [0.3, 0.4) is 0 Å². The van der Waals surface area contributed by atoms with Crippen molar-refractivity contribution in [1.82, 2.24) is 5.32 Å². The molecule has 18 heavy (non-hydrogen) atoms. The monoisotopic (exact) mass is 248 g/mol. The maximum atomic E-state index is 11.6. The van der Waals surface area contributed by atoms with E-state index < -0.39 is 12.1 Å². The van der Waals surface area contributed by atoms with Gasteiger partial charge in [-0.1, -0.05) is 0 Å². The van der Waals surface area contributed by atoms with Crippen LogP contribution in [0, 0.1) is 11.3 Å². The minimum absolute atomic E-state index is 0.0582. The fourth-order valence-electron chi connectivity index (χ4n) is 1.24. The van der Waals surface area contributed by atoms with Gasteiger partial charge in [-0.15, -0.1) is 0 Å². The molecule has 1 rings (SSSR count). The van der Waals surface area contributed by atoms with E-state index in [1.54, 1.807) is 0 Å². The van der Waals surface area contributed by atoms with Crippen LogP contribution in [0.15, 0.2) is 24.3 Å². The van der Waals surface area contributed by atoms with E-state index in [4.69, 9.17) is 15.5 Å². The molecule has 0 radical (unpaired) electrons. The molecule has 3 N–H and O–H groups in total. The third-order valence-electron chi connectivity index (χ3n) is 2.26. The second-order valence-corrected chi connectivity index (χ2v) is 3.59. The zero-order valence-electron chi connectivity index (χ0n) is 9.46. The van der Waals surface area contributed by atoms with Crippen molar-refractivity contribution < 1.29 is 19.8 Å². The van der Waals surface area contributed by atoms with Crippen molar-refractivity contribution in [1.29, 1.82) is 5.26 Å². The number of carboxylic acid groups (broad SMARTS) is 1. The smallest absolute Gasteiger partial charge is 0.332 e. The first-order valence-electron chi connectivity index (χ1n) is 5.24. The van der Waals surface area contributed by atoms with Gasteiger partial charge in [0.2, 0.25) is 0 Å². The molecule has 1 amide bonds. The zero-order chi connectivity index (χ0) is 13.5. The van der Waals surface area contributed by atoms with E-state index >= 15 is 0 Å². The lowest BCUT2D eigenvalue weighted by Crippen LogP contribution is -2.30. The van der Waals surface area contributed by atoms with Gasteiger partial charge in [0.15, 0.2) is 6.10 Å². The molecule has 0 saturated heterocycles. The van der Waals surface area contributed by atoms with Crippen molar-refractivity contribution in [2.24, 2.45) is 0 Å². The fraction of sp³-hybridized carbons (Fsp3) is 0.250. The van der Waals surface area contributed by atoms with Crippen molar-refractivity contribution in [3.63, 3.8) is 0 Å². The van der Waals surface area contributed by atoms with E-state index in [0.29, 0.717) is 11.1 Å². The minimum atomic E-state index is -1.48. The summed E-state index contributed by atoms with van der Waals surface area (Å²) in [6.07, 6.45) is -1.54. The summed E-state index contributed by atoms with van der Waals surface area (Å²) in [5, 5.41) is 28.5. The van der Waals surface area contributed by atoms with Crippen molar-refractivity contribution in [2.75, 3.05) is 6.54 Å². The van der Waals surface area contributed by atoms with Crippen LogP contribution in [-0.4, -0.2) is 34.7 Å². The lowest BCUT2D eigenvalue weighted by Gasteiger charge is -2.07. The van der Waals surface area contributed by atoms with Crippen LogP contribution in [0.25, 0.3) is 0 Å². The normalized spacial score (nSPS) is 11.3. The number of nitrogens with zero attached hydrogens (tertiary/aromatic N) is 1. The van der Waals surface area contributed by atoms with Gasteiger partial charge in [-0.25, -0.2) is 4.79 Å². The van der Waals surface area contributed by atoms with Gasteiger partial charge in [-0.2, -0.15) is 5.26 Å². The molecule has 0 spiro atoms. The third-order valence-corrected chi connectivity index (χ3v) is 2.26. The highest BCUT2D eigenvalue weighted by atomic mass is 16.4. The molecule has 0 bridgehead atoms. The van der Waals surface area contributed by atoms with Gasteiger partial charge in [0.25, 0.3) is 5.91 Å². The van der Waals surface area contributed by atoms with Crippen molar-refractivity contribution in [2.45, 2.75) is 12.5 Å². The third kappa shape index (κ3) is 3.88. The number of amides is 1. The number of hydrogen-bond donors (Lipinski definition) is 3. The zero-order valence-corrected chi connectivity index (χ0v) is 9.46. The number of nitriles is 1. The molecule has 0 fully saturated rings. The number of hydrogen-bond acceptors (Lipinski definition) is 4. The lowest BCUT2D eigenvalue weighted by atomic mass is 10.1. The summed E-state index contributed by atoms with van der Waals surface area (Å²) < 4.78 is 0. The van der Waals surface area contributed by atoms with Gasteiger partial charge in [0.05, 0.1) is 11.6 Å². The molecular weight excluding hydrogens is 236 g/mol. The van der Waals surface area contributed by atoms with Gasteiger partial charge in [-0.3, -0.25) is 4.79 Å². The van der Waals surface area contributed by atoms with Crippen LogP contribution < -0.4 is 5.32 Å². The molecule has 0 aliphatic rings. The van der Waals surface area contributed by atoms with Crippen LogP contribution in [0.2, 0.25) is 0 Å². The second kappa shape index (κ2) is 6.37. The van der Waals surface area contributed by atoms with Crippen LogP contribution in [0.5, 0.6) is 0 Å². The van der Waals surface area contributed by atoms with E-state index in [-0.39, 0.29) is 18.9 Å². The maximum absolute atomic E-state index is 11.6. The molecule has 1 atom stereocenters. The van der Waals surface area contributed by atoms with E-state index in [1.165, 1.54) is 24.3 Å². The van der Waals surface area contributed by atoms with Crippen LogP contribution in [0.4, 0.5) is 0 Å². The van der Waals surface area contributed by atoms with Gasteiger partial charge in [0, 0.05) is 18.5 Å². The number of aliphatic carboxylic acids is 1. The van der Waals surface area contributed by atoms with E-state index in [1.807, 2.05) is 6.07 Å². The topological polar surface area (TPSA) is 110 Å². The average molecular weight is 248 g/mol. The quantitative estimate of drug-likeness (QED) is 0.685. The molecule has 1 aromatic rings. The van der Waals surface area contributed by atoms with E-state index in [9.17, 15) is 9.59 Å². The Kier molecular flexibility index (Phi) is 4.84. The average Bonchev–Trinajstić information content (AvgIpc) is 2.38. The van der Waals surface area contributed by atoms with E-state index in [0.717, 1.165) is 0 Å². The highest BCUT2D eigenvalue weighted by Gasteiger charge is 2.13. The number of aliphatic hydroxyl groups excluding tert-OH is 1. The number of carbonyl (C=O) groups is 2. The molecule has 0 aromatic heterocycles. The Hall–Kier alpha value is -2.39. The molecule has 6 nitrogen and oxygen atoms in total. The summed E-state index contributed by atoms with van der Waals surface area (Å²) >= 11 is 0. The van der Waals surface area contributed by atoms with Gasteiger partial charge >= 0.3 is 5.97 Å². The summed E-state index contributed by atoms with van der Waals surface area (Å²) in [6.45, 7) is 0.0618. The standard InChI is InChI=1S/C12H12N2O4/c13-7-8-1-3-9(4-2-8)11(16)14-6-5-10(15)12(17)18/h1-4,10,15H,5-6H2,(H,14,16)(H,17,18). The first kappa shape index (κ1) is 13.7. The van der Waals surface area contributed by atoms with Crippen LogP contribution in [0.1, 0.15) is 22.3 Å². The molecule has 0 saturated carbocycles. The Balaban J connectivity index is 2.46. The van der Waals surface area contributed by atoms with Crippen molar-refractivity contribution >= 4 is 11.9 Å². The maximum Gasteiger partial charge on any atom is 0.332 e. The molecule has 0 aliphatic carbocycles. The number of benzene rings is 1. The summed E-state index contributed by atoms with van der Waals surface area (Å²) in [5.74, 6) is -1.69.